The van der Waals surface area contributed by atoms with E-state index >= 15 is 0 Å². The maximum Gasteiger partial charge on any atom is 0.120 e. The molecule has 27 heavy (non-hydrogen) atoms. The van der Waals surface area contributed by atoms with Crippen molar-refractivity contribution < 1.29 is 14.9 Å². The molecule has 3 rings (SSSR count). The van der Waals surface area contributed by atoms with Crippen molar-refractivity contribution in [3.05, 3.63) is 59.7 Å². The first-order valence-electron chi connectivity index (χ1n) is 9.75. The first kappa shape index (κ1) is 19.7. The fourth-order valence-electron chi connectivity index (χ4n) is 3.71. The number of hydrogen-bond acceptors (Lipinski definition) is 5. The van der Waals surface area contributed by atoms with Crippen LogP contribution >= 0.6 is 0 Å². The average molecular weight is 370 g/mol. The molecule has 0 spiro atoms. The van der Waals surface area contributed by atoms with Gasteiger partial charge in [-0.3, -0.25) is 9.80 Å². The number of para-hydroxylation sites is 1. The Morgan fingerprint density at radius 2 is 1.81 bits per heavy atom. The van der Waals surface area contributed by atoms with Gasteiger partial charge in [0.05, 0.1) is 6.61 Å². The number of hydrogen-bond donors (Lipinski definition) is 2. The number of ether oxygens (including phenoxy) is 1. The summed E-state index contributed by atoms with van der Waals surface area (Å²) in [5, 5.41) is 19.5. The Morgan fingerprint density at radius 3 is 2.52 bits per heavy atom. The maximum atomic E-state index is 10.0. The molecule has 146 valence electrons. The van der Waals surface area contributed by atoms with E-state index in [0.717, 1.165) is 50.5 Å². The summed E-state index contributed by atoms with van der Waals surface area (Å²) in [5.41, 5.74) is 2.22. The second-order valence-corrected chi connectivity index (χ2v) is 7.08. The summed E-state index contributed by atoms with van der Waals surface area (Å²) >= 11 is 0. The second kappa shape index (κ2) is 9.74. The molecular weight excluding hydrogens is 340 g/mol. The minimum absolute atomic E-state index is 0.189. The lowest BCUT2D eigenvalue weighted by Crippen LogP contribution is -2.52. The van der Waals surface area contributed by atoms with Crippen LogP contribution in [0.15, 0.2) is 48.5 Å². The lowest BCUT2D eigenvalue weighted by atomic mass is 10.1. The van der Waals surface area contributed by atoms with Crippen molar-refractivity contribution >= 4 is 0 Å². The van der Waals surface area contributed by atoms with Crippen LogP contribution < -0.4 is 4.74 Å². The number of rotatable bonds is 8. The van der Waals surface area contributed by atoms with Crippen molar-refractivity contribution in [2.45, 2.75) is 32.5 Å². The quantitative estimate of drug-likeness (QED) is 0.748. The fraction of sp³-hybridized carbons (Fsp3) is 0.455. The molecule has 1 aliphatic rings. The van der Waals surface area contributed by atoms with Crippen LogP contribution in [0.2, 0.25) is 0 Å². The van der Waals surface area contributed by atoms with Crippen LogP contribution in [0.5, 0.6) is 11.5 Å². The summed E-state index contributed by atoms with van der Waals surface area (Å²) in [6, 6.07) is 16.1. The van der Waals surface area contributed by atoms with Gasteiger partial charge in [-0.25, -0.2) is 0 Å². The Balaban J connectivity index is 1.61. The summed E-state index contributed by atoms with van der Waals surface area (Å²) in [6.07, 6.45) is 0.758. The molecular formula is C22H30N2O3. The lowest BCUT2D eigenvalue weighted by molar-refractivity contribution is 0.0496. The van der Waals surface area contributed by atoms with E-state index in [0.29, 0.717) is 18.4 Å². The first-order chi connectivity index (χ1) is 13.2. The molecule has 0 aromatic heterocycles. The number of aliphatic hydroxyl groups excluding tert-OH is 1. The predicted molar refractivity (Wildman–Crippen MR) is 107 cm³/mol. The molecule has 2 N–H and O–H groups in total. The number of aromatic hydroxyl groups is 1. The molecule has 0 unspecified atom stereocenters. The van der Waals surface area contributed by atoms with Crippen LogP contribution in [-0.4, -0.2) is 58.9 Å². The molecule has 1 aliphatic heterocycles. The molecule has 0 saturated carbocycles. The standard InChI is InChI=1S/C22H30N2O3/c1-2-27-21-9-7-18(8-10-21)15-24-13-12-23(17-20(24)11-14-25)16-19-5-3-4-6-22(19)26/h3-10,20,25-26H,2,11-17H2,1H3/t20-/m1/s1. The smallest absolute Gasteiger partial charge is 0.120 e. The highest BCUT2D eigenvalue weighted by Crippen LogP contribution is 2.22. The largest absolute Gasteiger partial charge is 0.508 e. The highest BCUT2D eigenvalue weighted by atomic mass is 16.5. The number of aliphatic hydroxyl groups is 1. The molecule has 1 fully saturated rings. The number of phenolic OH excluding ortho intramolecular Hbond substituents is 1. The van der Waals surface area contributed by atoms with Crippen LogP contribution in [0.1, 0.15) is 24.5 Å². The van der Waals surface area contributed by atoms with E-state index in [-0.39, 0.29) is 6.61 Å². The normalized spacial score (nSPS) is 18.5. The minimum atomic E-state index is 0.189. The third-order valence-electron chi connectivity index (χ3n) is 5.16. The SMILES string of the molecule is CCOc1ccc(CN2CCN(Cc3ccccc3O)C[C@H]2CCO)cc1. The minimum Gasteiger partial charge on any atom is -0.508 e. The molecule has 0 radical (unpaired) electrons. The summed E-state index contributed by atoms with van der Waals surface area (Å²) in [6.45, 7) is 7.27. The second-order valence-electron chi connectivity index (χ2n) is 7.08. The predicted octanol–water partition coefficient (Wildman–Crippen LogP) is 2.86. The Bertz CT molecular complexity index is 705. The molecule has 2 aromatic rings. The van der Waals surface area contributed by atoms with Crippen LogP contribution in [0.3, 0.4) is 0 Å². The Labute approximate surface area is 161 Å². The Kier molecular flexibility index (Phi) is 7.10. The van der Waals surface area contributed by atoms with Crippen molar-refractivity contribution in [2.24, 2.45) is 0 Å². The van der Waals surface area contributed by atoms with Gasteiger partial charge < -0.3 is 14.9 Å². The summed E-state index contributed by atoms with van der Waals surface area (Å²) < 4.78 is 5.52. The van der Waals surface area contributed by atoms with Gasteiger partial charge in [0.25, 0.3) is 0 Å². The number of nitrogens with zero attached hydrogens (tertiary/aromatic N) is 2. The summed E-state index contributed by atoms with van der Waals surface area (Å²) in [5.74, 6) is 1.26. The average Bonchev–Trinajstić information content (AvgIpc) is 2.68. The third-order valence-corrected chi connectivity index (χ3v) is 5.16. The van der Waals surface area contributed by atoms with Gasteiger partial charge >= 0.3 is 0 Å². The zero-order chi connectivity index (χ0) is 19.1. The van der Waals surface area contributed by atoms with Gasteiger partial charge in [0, 0.05) is 50.9 Å². The van der Waals surface area contributed by atoms with Crippen molar-refractivity contribution in [3.8, 4) is 11.5 Å². The van der Waals surface area contributed by atoms with Crippen LogP contribution in [0, 0.1) is 0 Å². The fourth-order valence-corrected chi connectivity index (χ4v) is 3.71. The van der Waals surface area contributed by atoms with Crippen LogP contribution in [0.4, 0.5) is 0 Å². The van der Waals surface area contributed by atoms with E-state index in [1.54, 1.807) is 6.07 Å². The van der Waals surface area contributed by atoms with E-state index in [4.69, 9.17) is 4.74 Å². The maximum absolute atomic E-state index is 10.0. The molecule has 5 nitrogen and oxygen atoms in total. The third kappa shape index (κ3) is 5.45. The topological polar surface area (TPSA) is 56.2 Å². The highest BCUT2D eigenvalue weighted by Gasteiger charge is 2.27. The van der Waals surface area contributed by atoms with Gasteiger partial charge in [0.15, 0.2) is 0 Å². The van der Waals surface area contributed by atoms with Gasteiger partial charge in [-0.15, -0.1) is 0 Å². The highest BCUT2D eigenvalue weighted by molar-refractivity contribution is 5.31. The molecule has 1 atom stereocenters. The van der Waals surface area contributed by atoms with Crippen molar-refractivity contribution in [1.82, 2.24) is 9.80 Å². The van der Waals surface area contributed by atoms with Gasteiger partial charge in [0.1, 0.15) is 11.5 Å². The zero-order valence-corrected chi connectivity index (χ0v) is 16.1. The van der Waals surface area contributed by atoms with Crippen molar-refractivity contribution in [2.75, 3.05) is 32.8 Å². The van der Waals surface area contributed by atoms with Crippen molar-refractivity contribution in [1.29, 1.82) is 0 Å². The van der Waals surface area contributed by atoms with Gasteiger partial charge in [0.2, 0.25) is 0 Å². The van der Waals surface area contributed by atoms with Crippen LogP contribution in [0.25, 0.3) is 0 Å². The van der Waals surface area contributed by atoms with E-state index in [1.165, 1.54) is 5.56 Å². The molecule has 0 bridgehead atoms. The zero-order valence-electron chi connectivity index (χ0n) is 16.1. The lowest BCUT2D eigenvalue weighted by Gasteiger charge is -2.41. The molecule has 1 heterocycles. The van der Waals surface area contributed by atoms with E-state index in [9.17, 15) is 10.2 Å². The Morgan fingerprint density at radius 1 is 1.04 bits per heavy atom. The molecule has 1 saturated heterocycles. The number of benzene rings is 2. The van der Waals surface area contributed by atoms with Gasteiger partial charge in [-0.1, -0.05) is 30.3 Å². The number of phenols is 1. The summed E-state index contributed by atoms with van der Waals surface area (Å²) in [4.78, 5) is 4.82. The van der Waals surface area contributed by atoms with E-state index in [2.05, 4.69) is 21.9 Å². The molecule has 2 aromatic carbocycles. The van der Waals surface area contributed by atoms with Crippen molar-refractivity contribution in [3.63, 3.8) is 0 Å². The monoisotopic (exact) mass is 370 g/mol. The molecule has 0 amide bonds. The Hall–Kier alpha value is -2.08. The van der Waals surface area contributed by atoms with Gasteiger partial charge in [-0.2, -0.15) is 0 Å². The molecule has 0 aliphatic carbocycles. The first-order valence-corrected chi connectivity index (χ1v) is 9.75. The van der Waals surface area contributed by atoms with E-state index in [1.807, 2.05) is 37.3 Å². The molecule has 5 heteroatoms. The van der Waals surface area contributed by atoms with Gasteiger partial charge in [-0.05, 0) is 37.1 Å². The van der Waals surface area contributed by atoms with E-state index < -0.39 is 0 Å². The summed E-state index contributed by atoms with van der Waals surface area (Å²) in [7, 11) is 0. The number of piperazine rings is 1. The van der Waals surface area contributed by atoms with Crippen LogP contribution in [-0.2, 0) is 13.1 Å².